The first-order valence-corrected chi connectivity index (χ1v) is 6.55. The minimum absolute atomic E-state index is 0.106. The summed E-state index contributed by atoms with van der Waals surface area (Å²) < 4.78 is 12.0. The quantitative estimate of drug-likeness (QED) is 0.913. The van der Waals surface area contributed by atoms with Crippen molar-refractivity contribution in [1.82, 2.24) is 9.78 Å². The molecular formula is C15H19N3O3. The molecule has 1 N–H and O–H groups in total. The van der Waals surface area contributed by atoms with Crippen molar-refractivity contribution in [3.8, 4) is 11.5 Å². The van der Waals surface area contributed by atoms with Crippen LogP contribution in [0.15, 0.2) is 24.3 Å². The zero-order valence-electron chi connectivity index (χ0n) is 12.6. The SMILES string of the molecule is COc1ccc(CC(=O)Nc2cc(C)nn2C)cc1OC. The first-order chi connectivity index (χ1) is 10.0. The van der Waals surface area contributed by atoms with E-state index in [0.717, 1.165) is 11.3 Å². The molecule has 0 bridgehead atoms. The smallest absolute Gasteiger partial charge is 0.229 e. The van der Waals surface area contributed by atoms with Crippen molar-refractivity contribution in [3.63, 3.8) is 0 Å². The summed E-state index contributed by atoms with van der Waals surface area (Å²) in [7, 11) is 4.94. The van der Waals surface area contributed by atoms with Crippen LogP contribution in [0.25, 0.3) is 0 Å². The number of amides is 1. The lowest BCUT2D eigenvalue weighted by Crippen LogP contribution is -2.16. The van der Waals surface area contributed by atoms with E-state index in [4.69, 9.17) is 9.47 Å². The molecule has 1 heterocycles. The second-order valence-electron chi connectivity index (χ2n) is 4.71. The molecule has 0 aliphatic rings. The summed E-state index contributed by atoms with van der Waals surface area (Å²) in [5.41, 5.74) is 1.71. The van der Waals surface area contributed by atoms with Gasteiger partial charge in [0.1, 0.15) is 5.82 Å². The zero-order valence-corrected chi connectivity index (χ0v) is 12.6. The number of carbonyl (C=O) groups excluding carboxylic acids is 1. The highest BCUT2D eigenvalue weighted by Crippen LogP contribution is 2.27. The Morgan fingerprint density at radius 1 is 1.24 bits per heavy atom. The van der Waals surface area contributed by atoms with Gasteiger partial charge in [0.15, 0.2) is 11.5 Å². The molecule has 0 atom stereocenters. The highest BCUT2D eigenvalue weighted by atomic mass is 16.5. The fourth-order valence-electron chi connectivity index (χ4n) is 2.09. The molecule has 0 saturated carbocycles. The van der Waals surface area contributed by atoms with Crippen molar-refractivity contribution in [2.45, 2.75) is 13.3 Å². The van der Waals surface area contributed by atoms with Crippen LogP contribution in [-0.2, 0) is 18.3 Å². The standard InChI is InChI=1S/C15H19N3O3/c1-10-7-14(18(2)17-10)16-15(19)9-11-5-6-12(20-3)13(8-11)21-4/h5-8H,9H2,1-4H3,(H,16,19). The third-order valence-corrected chi connectivity index (χ3v) is 3.08. The number of anilines is 1. The van der Waals surface area contributed by atoms with Crippen LogP contribution in [0.4, 0.5) is 5.82 Å². The summed E-state index contributed by atoms with van der Waals surface area (Å²) in [5.74, 6) is 1.83. The number of aryl methyl sites for hydroxylation is 2. The molecule has 21 heavy (non-hydrogen) atoms. The van der Waals surface area contributed by atoms with Crippen LogP contribution in [0.5, 0.6) is 11.5 Å². The van der Waals surface area contributed by atoms with Crippen LogP contribution in [0, 0.1) is 6.92 Å². The second kappa shape index (κ2) is 6.30. The van der Waals surface area contributed by atoms with Gasteiger partial charge in [-0.15, -0.1) is 0 Å². The van der Waals surface area contributed by atoms with E-state index >= 15 is 0 Å². The fraction of sp³-hybridized carbons (Fsp3) is 0.333. The molecule has 1 aromatic carbocycles. The Kier molecular flexibility index (Phi) is 4.47. The Labute approximate surface area is 123 Å². The highest BCUT2D eigenvalue weighted by Gasteiger charge is 2.10. The highest BCUT2D eigenvalue weighted by molar-refractivity contribution is 5.91. The molecule has 0 radical (unpaired) electrons. The van der Waals surface area contributed by atoms with Gasteiger partial charge >= 0.3 is 0 Å². The molecule has 2 rings (SSSR count). The van der Waals surface area contributed by atoms with Crippen LogP contribution in [0.1, 0.15) is 11.3 Å². The summed E-state index contributed by atoms with van der Waals surface area (Å²) in [4.78, 5) is 12.1. The molecule has 6 nitrogen and oxygen atoms in total. The van der Waals surface area contributed by atoms with Crippen LogP contribution in [-0.4, -0.2) is 29.9 Å². The maximum atomic E-state index is 12.1. The lowest BCUT2D eigenvalue weighted by molar-refractivity contribution is -0.115. The van der Waals surface area contributed by atoms with Gasteiger partial charge in [0.25, 0.3) is 0 Å². The number of nitrogens with one attached hydrogen (secondary N) is 1. The summed E-state index contributed by atoms with van der Waals surface area (Å²) in [6, 6.07) is 7.25. The van der Waals surface area contributed by atoms with E-state index in [9.17, 15) is 4.79 Å². The lowest BCUT2D eigenvalue weighted by atomic mass is 10.1. The van der Waals surface area contributed by atoms with Gasteiger partial charge in [-0.05, 0) is 24.6 Å². The second-order valence-corrected chi connectivity index (χ2v) is 4.71. The minimum Gasteiger partial charge on any atom is -0.493 e. The molecule has 6 heteroatoms. The molecule has 1 amide bonds. The van der Waals surface area contributed by atoms with Gasteiger partial charge in [-0.2, -0.15) is 5.10 Å². The molecule has 0 unspecified atom stereocenters. The van der Waals surface area contributed by atoms with Crippen molar-refractivity contribution >= 4 is 11.7 Å². The predicted octanol–water partition coefficient (Wildman–Crippen LogP) is 1.93. The van der Waals surface area contributed by atoms with Crippen molar-refractivity contribution in [1.29, 1.82) is 0 Å². The first-order valence-electron chi connectivity index (χ1n) is 6.55. The van der Waals surface area contributed by atoms with Gasteiger partial charge in [0, 0.05) is 13.1 Å². The predicted molar refractivity (Wildman–Crippen MR) is 79.8 cm³/mol. The topological polar surface area (TPSA) is 65.4 Å². The average molecular weight is 289 g/mol. The first kappa shape index (κ1) is 14.9. The van der Waals surface area contributed by atoms with Crippen LogP contribution >= 0.6 is 0 Å². The summed E-state index contributed by atoms with van der Waals surface area (Å²) in [5, 5.41) is 7.02. The molecule has 0 aliphatic carbocycles. The van der Waals surface area contributed by atoms with Crippen molar-refractivity contribution < 1.29 is 14.3 Å². The molecular weight excluding hydrogens is 270 g/mol. The van der Waals surface area contributed by atoms with E-state index in [2.05, 4.69) is 10.4 Å². The number of carbonyl (C=O) groups is 1. The third-order valence-electron chi connectivity index (χ3n) is 3.08. The summed E-state index contributed by atoms with van der Waals surface area (Å²) in [6.07, 6.45) is 0.255. The summed E-state index contributed by atoms with van der Waals surface area (Å²) in [6.45, 7) is 1.88. The number of aromatic nitrogens is 2. The number of methoxy groups -OCH3 is 2. The van der Waals surface area contributed by atoms with Crippen molar-refractivity contribution in [2.24, 2.45) is 7.05 Å². The van der Waals surface area contributed by atoms with Crippen molar-refractivity contribution in [2.75, 3.05) is 19.5 Å². The molecule has 0 saturated heterocycles. The number of nitrogens with zero attached hydrogens (tertiary/aromatic N) is 2. The maximum Gasteiger partial charge on any atom is 0.229 e. The van der Waals surface area contributed by atoms with Crippen LogP contribution in [0.2, 0.25) is 0 Å². The van der Waals surface area contributed by atoms with Gasteiger partial charge in [-0.3, -0.25) is 9.48 Å². The average Bonchev–Trinajstić information content (AvgIpc) is 2.76. The number of hydrogen-bond acceptors (Lipinski definition) is 4. The number of benzene rings is 1. The molecule has 0 spiro atoms. The van der Waals surface area contributed by atoms with E-state index in [-0.39, 0.29) is 12.3 Å². The van der Waals surface area contributed by atoms with E-state index in [1.807, 2.05) is 19.1 Å². The molecule has 0 aliphatic heterocycles. The molecule has 112 valence electrons. The van der Waals surface area contributed by atoms with Gasteiger partial charge < -0.3 is 14.8 Å². The van der Waals surface area contributed by atoms with E-state index in [0.29, 0.717) is 17.3 Å². The Bertz CT molecular complexity index is 650. The normalized spacial score (nSPS) is 10.3. The molecule has 2 aromatic rings. The van der Waals surface area contributed by atoms with Crippen LogP contribution in [0.3, 0.4) is 0 Å². The number of ether oxygens (including phenoxy) is 2. The number of hydrogen-bond donors (Lipinski definition) is 1. The zero-order chi connectivity index (χ0) is 15.4. The lowest BCUT2D eigenvalue weighted by Gasteiger charge is -2.10. The Morgan fingerprint density at radius 3 is 2.52 bits per heavy atom. The minimum atomic E-state index is -0.106. The Hall–Kier alpha value is -2.50. The van der Waals surface area contributed by atoms with Gasteiger partial charge in [0.05, 0.1) is 26.3 Å². The largest absolute Gasteiger partial charge is 0.493 e. The van der Waals surface area contributed by atoms with Gasteiger partial charge in [0.2, 0.25) is 5.91 Å². The number of rotatable bonds is 5. The molecule has 0 fully saturated rings. The van der Waals surface area contributed by atoms with Crippen LogP contribution < -0.4 is 14.8 Å². The fourth-order valence-corrected chi connectivity index (χ4v) is 2.09. The van der Waals surface area contributed by atoms with E-state index in [1.54, 1.807) is 38.1 Å². The molecule has 1 aromatic heterocycles. The monoisotopic (exact) mass is 289 g/mol. The van der Waals surface area contributed by atoms with Gasteiger partial charge in [-0.25, -0.2) is 0 Å². The Morgan fingerprint density at radius 2 is 1.95 bits per heavy atom. The maximum absolute atomic E-state index is 12.1. The summed E-state index contributed by atoms with van der Waals surface area (Å²) >= 11 is 0. The van der Waals surface area contributed by atoms with Crippen molar-refractivity contribution in [3.05, 3.63) is 35.5 Å². The Balaban J connectivity index is 2.07. The van der Waals surface area contributed by atoms with E-state index in [1.165, 1.54) is 0 Å². The van der Waals surface area contributed by atoms with E-state index < -0.39 is 0 Å². The van der Waals surface area contributed by atoms with Gasteiger partial charge in [-0.1, -0.05) is 6.07 Å². The third kappa shape index (κ3) is 3.53.